The zero-order valence-corrected chi connectivity index (χ0v) is 16.4. The Kier molecular flexibility index (Phi) is 5.01. The molecule has 1 amide bonds. The lowest BCUT2D eigenvalue weighted by atomic mass is 10.2. The number of amides is 1. The molecule has 0 aliphatic rings. The Morgan fingerprint density at radius 2 is 1.89 bits per heavy atom. The zero-order chi connectivity index (χ0) is 18.8. The van der Waals surface area contributed by atoms with Gasteiger partial charge in [0.05, 0.1) is 17.8 Å². The Hall–Kier alpha value is -2.56. The number of carbonyl (C=O) groups is 1. The highest BCUT2D eigenvalue weighted by Gasteiger charge is 2.23. The maximum atomic E-state index is 13.4. The molecular formula is C22H18ClNO2S. The lowest BCUT2D eigenvalue weighted by molar-refractivity contribution is 0.0723. The van der Waals surface area contributed by atoms with Crippen molar-refractivity contribution in [3.63, 3.8) is 0 Å². The maximum absolute atomic E-state index is 13.4. The second kappa shape index (κ2) is 7.59. The molecule has 0 radical (unpaired) electrons. The molecule has 2 aromatic carbocycles. The van der Waals surface area contributed by atoms with Crippen LogP contribution in [0.3, 0.4) is 0 Å². The first-order chi connectivity index (χ1) is 13.1. The molecule has 5 heteroatoms. The number of aryl methyl sites for hydroxylation is 1. The third kappa shape index (κ3) is 3.77. The van der Waals surface area contributed by atoms with Crippen molar-refractivity contribution in [3.8, 4) is 0 Å². The number of hydrogen-bond donors (Lipinski definition) is 0. The summed E-state index contributed by atoms with van der Waals surface area (Å²) in [5, 5.41) is 1.45. The third-order valence-electron chi connectivity index (χ3n) is 4.41. The molecule has 136 valence electrons. The topological polar surface area (TPSA) is 33.5 Å². The number of furan rings is 1. The lowest BCUT2D eigenvalue weighted by Crippen LogP contribution is -2.29. The molecular weight excluding hydrogens is 378 g/mol. The molecule has 2 aromatic heterocycles. The number of halogens is 1. The van der Waals surface area contributed by atoms with Crippen LogP contribution in [0.5, 0.6) is 0 Å². The highest BCUT2D eigenvalue weighted by molar-refractivity contribution is 7.21. The number of carbonyl (C=O) groups excluding carboxylic acids is 1. The van der Waals surface area contributed by atoms with Crippen molar-refractivity contribution >= 4 is 38.9 Å². The van der Waals surface area contributed by atoms with E-state index in [1.165, 1.54) is 11.3 Å². The zero-order valence-electron chi connectivity index (χ0n) is 14.8. The van der Waals surface area contributed by atoms with Crippen molar-refractivity contribution in [1.29, 1.82) is 0 Å². The molecule has 0 aliphatic heterocycles. The van der Waals surface area contributed by atoms with Gasteiger partial charge in [-0.1, -0.05) is 54.1 Å². The molecule has 0 unspecified atom stereocenters. The van der Waals surface area contributed by atoms with Crippen LogP contribution in [0, 0.1) is 6.92 Å². The maximum Gasteiger partial charge on any atom is 0.266 e. The van der Waals surface area contributed by atoms with Crippen LogP contribution in [0.1, 0.15) is 26.6 Å². The molecule has 0 fully saturated rings. The Bertz CT molecular complexity index is 1070. The van der Waals surface area contributed by atoms with E-state index in [1.807, 2.05) is 61.5 Å². The quantitative estimate of drug-likeness (QED) is 0.397. The van der Waals surface area contributed by atoms with Gasteiger partial charge in [0.15, 0.2) is 0 Å². The van der Waals surface area contributed by atoms with Gasteiger partial charge in [-0.25, -0.2) is 0 Å². The minimum atomic E-state index is -0.0842. The van der Waals surface area contributed by atoms with Gasteiger partial charge in [0.25, 0.3) is 5.91 Å². The average Bonchev–Trinajstić information content (AvgIpc) is 3.29. The average molecular weight is 396 g/mol. The summed E-state index contributed by atoms with van der Waals surface area (Å²) in [5.41, 5.74) is 2.21. The van der Waals surface area contributed by atoms with Crippen molar-refractivity contribution in [3.05, 3.63) is 93.7 Å². The number of rotatable bonds is 5. The summed E-state index contributed by atoms with van der Waals surface area (Å²) in [5.74, 6) is 0.659. The first-order valence-electron chi connectivity index (χ1n) is 8.66. The Morgan fingerprint density at radius 3 is 2.63 bits per heavy atom. The van der Waals surface area contributed by atoms with Crippen LogP contribution in [0.25, 0.3) is 10.1 Å². The first kappa shape index (κ1) is 17.8. The summed E-state index contributed by atoms with van der Waals surface area (Å²) >= 11 is 8.02. The molecule has 4 rings (SSSR count). The van der Waals surface area contributed by atoms with Crippen LogP contribution >= 0.6 is 22.9 Å². The molecule has 0 saturated carbocycles. The normalized spacial score (nSPS) is 11.0. The van der Waals surface area contributed by atoms with Crippen LogP contribution in [-0.2, 0) is 13.1 Å². The van der Waals surface area contributed by atoms with Crippen molar-refractivity contribution in [2.75, 3.05) is 0 Å². The van der Waals surface area contributed by atoms with Crippen LogP contribution in [-0.4, -0.2) is 10.8 Å². The summed E-state index contributed by atoms with van der Waals surface area (Å²) in [6, 6.07) is 19.7. The Morgan fingerprint density at radius 1 is 1.07 bits per heavy atom. The molecule has 0 saturated heterocycles. The van der Waals surface area contributed by atoms with Gasteiger partial charge >= 0.3 is 0 Å². The smallest absolute Gasteiger partial charge is 0.266 e. The van der Waals surface area contributed by atoms with Gasteiger partial charge in [0.2, 0.25) is 0 Å². The van der Waals surface area contributed by atoms with Crippen LogP contribution in [0.15, 0.2) is 71.3 Å². The summed E-state index contributed by atoms with van der Waals surface area (Å²) < 4.78 is 6.50. The van der Waals surface area contributed by atoms with E-state index in [2.05, 4.69) is 6.07 Å². The van der Waals surface area contributed by atoms with Crippen molar-refractivity contribution in [2.24, 2.45) is 0 Å². The van der Waals surface area contributed by atoms with Gasteiger partial charge in [-0.2, -0.15) is 0 Å². The number of hydrogen-bond acceptors (Lipinski definition) is 3. The minimum Gasteiger partial charge on any atom is -0.467 e. The van der Waals surface area contributed by atoms with Gasteiger partial charge in [0.1, 0.15) is 10.6 Å². The highest BCUT2D eigenvalue weighted by Crippen LogP contribution is 2.37. The predicted octanol–water partition coefficient (Wildman–Crippen LogP) is 6.30. The largest absolute Gasteiger partial charge is 0.467 e. The molecule has 3 nitrogen and oxygen atoms in total. The molecule has 27 heavy (non-hydrogen) atoms. The molecule has 2 heterocycles. The van der Waals surface area contributed by atoms with Crippen LogP contribution in [0.4, 0.5) is 0 Å². The van der Waals surface area contributed by atoms with Crippen molar-refractivity contribution < 1.29 is 9.21 Å². The van der Waals surface area contributed by atoms with Crippen molar-refractivity contribution in [2.45, 2.75) is 20.0 Å². The van der Waals surface area contributed by atoms with Crippen LogP contribution in [0.2, 0.25) is 5.02 Å². The highest BCUT2D eigenvalue weighted by atomic mass is 35.5. The monoisotopic (exact) mass is 395 g/mol. The molecule has 4 aromatic rings. The van der Waals surface area contributed by atoms with Gasteiger partial charge < -0.3 is 9.32 Å². The second-order valence-electron chi connectivity index (χ2n) is 6.47. The van der Waals surface area contributed by atoms with Crippen molar-refractivity contribution in [1.82, 2.24) is 4.90 Å². The fraction of sp³-hybridized carbons (Fsp3) is 0.136. The summed E-state index contributed by atoms with van der Waals surface area (Å²) in [4.78, 5) is 15.7. The Labute approximate surface area is 166 Å². The van der Waals surface area contributed by atoms with Gasteiger partial charge in [0, 0.05) is 16.6 Å². The SMILES string of the molecule is Cc1ccc2c(Cl)c(C(=O)N(Cc3ccccc3)Cc3ccco3)sc2c1. The van der Waals surface area contributed by atoms with E-state index in [-0.39, 0.29) is 5.91 Å². The fourth-order valence-corrected chi connectivity index (χ4v) is 4.63. The first-order valence-corrected chi connectivity index (χ1v) is 9.85. The summed E-state index contributed by atoms with van der Waals surface area (Å²) in [6.07, 6.45) is 1.62. The minimum absolute atomic E-state index is 0.0842. The summed E-state index contributed by atoms with van der Waals surface area (Å²) in [6.45, 7) is 2.92. The number of fused-ring (bicyclic) bond motifs is 1. The van der Waals surface area contributed by atoms with E-state index >= 15 is 0 Å². The lowest BCUT2D eigenvalue weighted by Gasteiger charge is -2.21. The molecule has 0 N–H and O–H groups in total. The van der Waals surface area contributed by atoms with Crippen LogP contribution < -0.4 is 0 Å². The van der Waals surface area contributed by atoms with E-state index in [4.69, 9.17) is 16.0 Å². The fourth-order valence-electron chi connectivity index (χ4n) is 3.05. The molecule has 0 spiro atoms. The van der Waals surface area contributed by atoms with E-state index in [0.717, 1.165) is 27.0 Å². The summed E-state index contributed by atoms with van der Waals surface area (Å²) in [7, 11) is 0. The molecule has 0 atom stereocenters. The van der Waals surface area contributed by atoms with Gasteiger partial charge in [-0.05, 0) is 36.2 Å². The van der Waals surface area contributed by atoms with Gasteiger partial charge in [-0.15, -0.1) is 11.3 Å². The third-order valence-corrected chi connectivity index (χ3v) is 6.05. The molecule has 0 bridgehead atoms. The van der Waals surface area contributed by atoms with Gasteiger partial charge in [-0.3, -0.25) is 4.79 Å². The van der Waals surface area contributed by atoms with E-state index in [9.17, 15) is 4.79 Å². The number of thiophene rings is 1. The number of benzene rings is 2. The number of nitrogens with zero attached hydrogens (tertiary/aromatic N) is 1. The van der Waals surface area contributed by atoms with E-state index in [0.29, 0.717) is 23.0 Å². The Balaban J connectivity index is 1.70. The molecule has 0 aliphatic carbocycles. The standard InChI is InChI=1S/C22H18ClNO2S/c1-15-9-10-18-19(12-15)27-21(20(18)23)22(25)24(14-17-8-5-11-26-17)13-16-6-3-2-4-7-16/h2-12H,13-14H2,1H3. The van der Waals surface area contributed by atoms with E-state index in [1.54, 1.807) is 11.2 Å². The second-order valence-corrected chi connectivity index (χ2v) is 7.90. The predicted molar refractivity (Wildman–Crippen MR) is 110 cm³/mol. The van der Waals surface area contributed by atoms with E-state index < -0.39 is 0 Å².